The Morgan fingerprint density at radius 1 is 1.10 bits per heavy atom. The summed E-state index contributed by atoms with van der Waals surface area (Å²) < 4.78 is 60.6. The second-order valence-corrected chi connectivity index (χ2v) is 12.5. The number of hydrogen-bond acceptors (Lipinski definition) is 7. The number of benzene rings is 3. The molecule has 0 unspecified atom stereocenters. The van der Waals surface area contributed by atoms with Crippen LogP contribution in [-0.2, 0) is 14.6 Å². The molecule has 3 aromatic rings. The molecule has 1 amide bonds. The minimum Gasteiger partial charge on any atom is -0.489 e. The lowest BCUT2D eigenvalue weighted by atomic mass is 10.0. The van der Waals surface area contributed by atoms with Gasteiger partial charge in [0.1, 0.15) is 11.9 Å². The third-order valence-electron chi connectivity index (χ3n) is 6.99. The van der Waals surface area contributed by atoms with E-state index in [9.17, 15) is 27.3 Å². The maximum atomic E-state index is 13.1. The number of rotatable bonds is 12. The number of halogens is 3. The van der Waals surface area contributed by atoms with E-state index >= 15 is 0 Å². The van der Waals surface area contributed by atoms with Gasteiger partial charge in [0.2, 0.25) is 0 Å². The Hall–Kier alpha value is -3.72. The Morgan fingerprint density at radius 2 is 1.76 bits per heavy atom. The van der Waals surface area contributed by atoms with Crippen molar-refractivity contribution in [2.45, 2.75) is 49.5 Å². The molecule has 0 radical (unpaired) electrons. The molecule has 42 heavy (non-hydrogen) atoms. The first-order chi connectivity index (χ1) is 20.1. The fourth-order valence-corrected chi connectivity index (χ4v) is 5.80. The number of ether oxygens (including phenoxy) is 2. The van der Waals surface area contributed by atoms with E-state index in [0.717, 1.165) is 0 Å². The Morgan fingerprint density at radius 3 is 2.36 bits per heavy atom. The second-order valence-electron chi connectivity index (χ2n) is 9.74. The Kier molecular flexibility index (Phi) is 10.4. The first kappa shape index (κ1) is 31.2. The number of amides is 1. The number of anilines is 1. The average Bonchev–Trinajstić information content (AvgIpc) is 3.39. The van der Waals surface area contributed by atoms with Gasteiger partial charge >= 0.3 is 6.61 Å². The fraction of sp³-hybridized carbons (Fsp3) is 0.333. The van der Waals surface area contributed by atoms with Crippen molar-refractivity contribution in [1.29, 1.82) is 5.26 Å². The Bertz CT molecular complexity index is 1500. The summed E-state index contributed by atoms with van der Waals surface area (Å²) in [7, 11) is -3.38. The predicted molar refractivity (Wildman–Crippen MR) is 155 cm³/mol. The van der Waals surface area contributed by atoms with Crippen molar-refractivity contribution >= 4 is 33.0 Å². The quantitative estimate of drug-likeness (QED) is 0.274. The molecule has 1 saturated heterocycles. The number of alkyl halides is 2. The molecule has 1 aliphatic heterocycles. The zero-order valence-corrected chi connectivity index (χ0v) is 24.3. The summed E-state index contributed by atoms with van der Waals surface area (Å²) in [6.45, 7) is -1.13. The molecule has 1 N–H and O–H groups in total. The molecular weight excluding hydrogens is 588 g/mol. The van der Waals surface area contributed by atoms with Gasteiger partial charge in [0.25, 0.3) is 5.91 Å². The van der Waals surface area contributed by atoms with E-state index in [1.165, 1.54) is 12.1 Å². The SMILES string of the molecule is CCS(=O)(=O)c1ccc([C@H](CC#N)NC(=O)c2ccc(N3C[C@@H](Oc4ccc(Cl)cc4)C[C@H]3COC(F)F)cc2)cc1. The van der Waals surface area contributed by atoms with Crippen LogP contribution < -0.4 is 15.0 Å². The molecule has 222 valence electrons. The molecule has 0 aromatic heterocycles. The van der Waals surface area contributed by atoms with Crippen LogP contribution in [0.4, 0.5) is 14.5 Å². The third kappa shape index (κ3) is 7.97. The maximum absolute atomic E-state index is 13.1. The molecule has 0 spiro atoms. The van der Waals surface area contributed by atoms with Crippen molar-refractivity contribution in [3.8, 4) is 11.8 Å². The highest BCUT2D eigenvalue weighted by Crippen LogP contribution is 2.30. The lowest BCUT2D eigenvalue weighted by Crippen LogP contribution is -2.34. The van der Waals surface area contributed by atoms with Gasteiger partial charge in [-0.1, -0.05) is 30.7 Å². The normalized spacial score (nSPS) is 17.6. The lowest BCUT2D eigenvalue weighted by molar-refractivity contribution is -0.131. The fourth-order valence-electron chi connectivity index (χ4n) is 4.79. The molecule has 12 heteroatoms. The first-order valence-electron chi connectivity index (χ1n) is 13.3. The number of carbonyl (C=O) groups is 1. The standard InChI is InChI=1S/C30H30ClF2N3O5S/c1-2-42(38,39)27-13-5-20(6-14-27)28(15-16-34)35-29(37)21-3-9-23(10-4-21)36-18-26(17-24(36)19-40-30(32)33)41-25-11-7-22(31)8-12-25/h3-14,24,26,28,30H,2,15,17-19H2,1H3,(H,35,37)/t24-,26-,28-/m0/s1. The monoisotopic (exact) mass is 617 g/mol. The molecule has 0 saturated carbocycles. The summed E-state index contributed by atoms with van der Waals surface area (Å²) in [5, 5.41) is 12.7. The number of sulfone groups is 1. The molecule has 3 aromatic carbocycles. The van der Waals surface area contributed by atoms with Crippen LogP contribution in [0.15, 0.2) is 77.7 Å². The molecule has 0 aliphatic carbocycles. The van der Waals surface area contributed by atoms with Crippen molar-refractivity contribution in [2.24, 2.45) is 0 Å². The third-order valence-corrected chi connectivity index (χ3v) is 8.99. The van der Waals surface area contributed by atoms with Crippen molar-refractivity contribution in [3.05, 3.63) is 88.9 Å². The van der Waals surface area contributed by atoms with Gasteiger partial charge in [-0.25, -0.2) is 8.42 Å². The number of nitrogens with one attached hydrogen (secondary N) is 1. The topological polar surface area (TPSA) is 109 Å². The number of carbonyl (C=O) groups excluding carboxylic acids is 1. The van der Waals surface area contributed by atoms with Crippen LogP contribution in [0.1, 0.15) is 41.7 Å². The molecule has 0 bridgehead atoms. The van der Waals surface area contributed by atoms with Gasteiger partial charge in [0.05, 0.1) is 48.4 Å². The summed E-state index contributed by atoms with van der Waals surface area (Å²) >= 11 is 5.95. The highest BCUT2D eigenvalue weighted by atomic mass is 35.5. The van der Waals surface area contributed by atoms with E-state index in [1.807, 2.05) is 4.90 Å². The van der Waals surface area contributed by atoms with Gasteiger partial charge in [-0.2, -0.15) is 14.0 Å². The minimum absolute atomic E-state index is 0.0156. The van der Waals surface area contributed by atoms with Crippen molar-refractivity contribution in [1.82, 2.24) is 5.32 Å². The summed E-state index contributed by atoms with van der Waals surface area (Å²) in [6.07, 6.45) is 0.148. The summed E-state index contributed by atoms with van der Waals surface area (Å²) in [4.78, 5) is 15.2. The van der Waals surface area contributed by atoms with E-state index < -0.39 is 28.4 Å². The predicted octanol–water partition coefficient (Wildman–Crippen LogP) is 5.78. The molecule has 4 rings (SSSR count). The summed E-state index contributed by atoms with van der Waals surface area (Å²) in [6, 6.07) is 20.7. The first-order valence-corrected chi connectivity index (χ1v) is 15.3. The Balaban J connectivity index is 1.46. The van der Waals surface area contributed by atoms with Gasteiger partial charge in [-0.05, 0) is 66.2 Å². The van der Waals surface area contributed by atoms with E-state index in [4.69, 9.17) is 16.3 Å². The van der Waals surface area contributed by atoms with Crippen LogP contribution in [0.2, 0.25) is 5.02 Å². The van der Waals surface area contributed by atoms with Crippen molar-refractivity contribution in [2.75, 3.05) is 23.8 Å². The molecule has 1 fully saturated rings. The van der Waals surface area contributed by atoms with Gasteiger partial charge in [-0.15, -0.1) is 0 Å². The van der Waals surface area contributed by atoms with Crippen LogP contribution in [0.3, 0.4) is 0 Å². The maximum Gasteiger partial charge on any atom is 0.345 e. The highest BCUT2D eigenvalue weighted by molar-refractivity contribution is 7.91. The number of nitrogens with zero attached hydrogens (tertiary/aromatic N) is 2. The largest absolute Gasteiger partial charge is 0.489 e. The minimum atomic E-state index is -3.38. The molecule has 1 heterocycles. The second kappa shape index (κ2) is 14.0. The van der Waals surface area contributed by atoms with E-state index in [-0.39, 0.29) is 35.8 Å². The van der Waals surface area contributed by atoms with Gasteiger partial charge in [0.15, 0.2) is 9.84 Å². The van der Waals surface area contributed by atoms with Crippen LogP contribution >= 0.6 is 11.6 Å². The van der Waals surface area contributed by atoms with Crippen LogP contribution in [0, 0.1) is 11.3 Å². The van der Waals surface area contributed by atoms with Crippen LogP contribution in [0.5, 0.6) is 5.75 Å². The molecule has 1 aliphatic rings. The van der Waals surface area contributed by atoms with Crippen LogP contribution in [-0.4, -0.2) is 52.0 Å². The van der Waals surface area contributed by atoms with Gasteiger partial charge < -0.3 is 19.7 Å². The average molecular weight is 618 g/mol. The molecule has 8 nitrogen and oxygen atoms in total. The van der Waals surface area contributed by atoms with E-state index in [1.54, 1.807) is 67.6 Å². The van der Waals surface area contributed by atoms with Crippen LogP contribution in [0.25, 0.3) is 0 Å². The number of hydrogen-bond donors (Lipinski definition) is 1. The van der Waals surface area contributed by atoms with E-state index in [0.29, 0.717) is 40.6 Å². The lowest BCUT2D eigenvalue weighted by Gasteiger charge is -2.26. The van der Waals surface area contributed by atoms with Gasteiger partial charge in [-0.3, -0.25) is 4.79 Å². The zero-order chi connectivity index (χ0) is 30.3. The van der Waals surface area contributed by atoms with Gasteiger partial charge in [0, 0.05) is 22.7 Å². The highest BCUT2D eigenvalue weighted by Gasteiger charge is 2.34. The summed E-state index contributed by atoms with van der Waals surface area (Å²) in [5.74, 6) is 0.157. The molecule has 3 atom stereocenters. The number of nitriles is 1. The Labute approximate surface area is 248 Å². The van der Waals surface area contributed by atoms with E-state index in [2.05, 4.69) is 16.1 Å². The smallest absolute Gasteiger partial charge is 0.345 e. The van der Waals surface area contributed by atoms with Crippen molar-refractivity contribution in [3.63, 3.8) is 0 Å². The summed E-state index contributed by atoms with van der Waals surface area (Å²) in [5.41, 5.74) is 1.64. The zero-order valence-electron chi connectivity index (χ0n) is 22.8. The van der Waals surface area contributed by atoms with Crippen molar-refractivity contribution < 1.29 is 31.5 Å². The molecular formula is C30H30ClF2N3O5S.